The van der Waals surface area contributed by atoms with Gasteiger partial charge in [0.15, 0.2) is 0 Å². The summed E-state index contributed by atoms with van der Waals surface area (Å²) >= 11 is 13.5. The maximum Gasteiger partial charge on any atom is 0.261 e. The van der Waals surface area contributed by atoms with E-state index < -0.39 is 15.9 Å². The molecule has 1 heterocycles. The first-order chi connectivity index (χ1) is 14.2. The third-order valence-corrected chi connectivity index (χ3v) is 7.62. The van der Waals surface area contributed by atoms with E-state index in [1.54, 1.807) is 12.1 Å². The maximum atomic E-state index is 12.8. The summed E-state index contributed by atoms with van der Waals surface area (Å²) in [4.78, 5) is 12.6. The molecular weight excluding hydrogens is 467 g/mol. The van der Waals surface area contributed by atoms with Gasteiger partial charge in [-0.05, 0) is 55.7 Å². The van der Waals surface area contributed by atoms with Crippen LogP contribution in [0.4, 0.5) is 10.8 Å². The topological polar surface area (TPSA) is 101 Å². The molecule has 30 heavy (non-hydrogen) atoms. The zero-order valence-electron chi connectivity index (χ0n) is 15.6. The number of aromatic nitrogens is 2. The molecule has 2 aromatic carbocycles. The number of sulfonamides is 1. The van der Waals surface area contributed by atoms with Gasteiger partial charge in [0.1, 0.15) is 5.01 Å². The van der Waals surface area contributed by atoms with Gasteiger partial charge in [0, 0.05) is 10.9 Å². The SMILES string of the molecule is Cc1ccc(NS(=O)(=O)c2ccc(Cl)c(C(=O)Nc3nnc(C4CC4)s3)c2)cc1Cl. The fourth-order valence-electron chi connectivity index (χ4n) is 2.66. The number of nitrogens with one attached hydrogen (secondary N) is 2. The average molecular weight is 483 g/mol. The largest absolute Gasteiger partial charge is 0.296 e. The summed E-state index contributed by atoms with van der Waals surface area (Å²) < 4.78 is 28.0. The van der Waals surface area contributed by atoms with Crippen LogP contribution in [-0.2, 0) is 10.0 Å². The quantitative estimate of drug-likeness (QED) is 0.509. The molecule has 0 spiro atoms. The normalized spacial score (nSPS) is 13.8. The molecule has 1 fully saturated rings. The third-order valence-electron chi connectivity index (χ3n) is 4.50. The van der Waals surface area contributed by atoms with Crippen LogP contribution < -0.4 is 10.0 Å². The minimum absolute atomic E-state index is 0.0182. The average Bonchev–Trinajstić information content (AvgIpc) is 3.44. The summed E-state index contributed by atoms with van der Waals surface area (Å²) in [6, 6.07) is 8.74. The first-order valence-electron chi connectivity index (χ1n) is 8.96. The molecule has 156 valence electrons. The number of carbonyl (C=O) groups excluding carboxylic acids is 1. The van der Waals surface area contributed by atoms with Gasteiger partial charge in [-0.2, -0.15) is 0 Å². The summed E-state index contributed by atoms with van der Waals surface area (Å²) in [7, 11) is -3.96. The molecule has 4 rings (SSSR count). The molecule has 0 bridgehead atoms. The van der Waals surface area contributed by atoms with E-state index in [0.29, 0.717) is 21.8 Å². The number of aryl methyl sites for hydroxylation is 1. The van der Waals surface area contributed by atoms with Crippen LogP contribution in [0.25, 0.3) is 0 Å². The predicted octanol–water partition coefficient (Wildman–Crippen LogP) is 5.08. The molecule has 7 nitrogen and oxygen atoms in total. The number of nitrogens with zero attached hydrogens (tertiary/aromatic N) is 2. The number of benzene rings is 2. The molecule has 0 radical (unpaired) electrons. The molecule has 1 aliphatic rings. The minimum Gasteiger partial charge on any atom is -0.296 e. The van der Waals surface area contributed by atoms with Crippen molar-refractivity contribution in [2.45, 2.75) is 30.6 Å². The van der Waals surface area contributed by atoms with Crippen molar-refractivity contribution in [2.75, 3.05) is 10.0 Å². The van der Waals surface area contributed by atoms with Crippen LogP contribution in [0.3, 0.4) is 0 Å². The van der Waals surface area contributed by atoms with E-state index in [9.17, 15) is 13.2 Å². The van der Waals surface area contributed by atoms with Gasteiger partial charge >= 0.3 is 0 Å². The fraction of sp³-hybridized carbons (Fsp3) is 0.211. The van der Waals surface area contributed by atoms with Gasteiger partial charge in [0.05, 0.1) is 21.2 Å². The lowest BCUT2D eigenvalue weighted by Crippen LogP contribution is -2.16. The number of hydrogen-bond acceptors (Lipinski definition) is 6. The van der Waals surface area contributed by atoms with Crippen molar-refractivity contribution in [1.29, 1.82) is 0 Å². The molecule has 0 unspecified atom stereocenters. The summed E-state index contributed by atoms with van der Waals surface area (Å²) in [6.07, 6.45) is 2.15. The minimum atomic E-state index is -3.96. The van der Waals surface area contributed by atoms with Crippen LogP contribution in [0, 0.1) is 6.92 Å². The third kappa shape index (κ3) is 4.59. The highest BCUT2D eigenvalue weighted by molar-refractivity contribution is 7.92. The number of carbonyl (C=O) groups is 1. The van der Waals surface area contributed by atoms with E-state index in [1.165, 1.54) is 35.6 Å². The number of amides is 1. The molecular formula is C19H16Cl2N4O3S2. The molecule has 0 aliphatic heterocycles. The van der Waals surface area contributed by atoms with Crippen molar-refractivity contribution in [3.63, 3.8) is 0 Å². The summed E-state index contributed by atoms with van der Waals surface area (Å²) in [6.45, 7) is 1.82. The molecule has 1 aromatic heterocycles. The number of anilines is 2. The van der Waals surface area contributed by atoms with Crippen molar-refractivity contribution < 1.29 is 13.2 Å². The zero-order chi connectivity index (χ0) is 21.5. The zero-order valence-corrected chi connectivity index (χ0v) is 18.8. The lowest BCUT2D eigenvalue weighted by atomic mass is 10.2. The molecule has 1 saturated carbocycles. The van der Waals surface area contributed by atoms with E-state index in [2.05, 4.69) is 20.2 Å². The summed E-state index contributed by atoms with van der Waals surface area (Å²) in [5.41, 5.74) is 1.16. The Hall–Kier alpha value is -2.20. The highest BCUT2D eigenvalue weighted by atomic mass is 35.5. The van der Waals surface area contributed by atoms with Gasteiger partial charge in [-0.3, -0.25) is 14.8 Å². The van der Waals surface area contributed by atoms with Gasteiger partial charge in [0.2, 0.25) is 5.13 Å². The molecule has 3 aromatic rings. The van der Waals surface area contributed by atoms with Crippen molar-refractivity contribution in [1.82, 2.24) is 10.2 Å². The first-order valence-corrected chi connectivity index (χ1v) is 12.0. The lowest BCUT2D eigenvalue weighted by molar-refractivity contribution is 0.102. The second-order valence-corrected chi connectivity index (χ2v) is 10.4. The van der Waals surface area contributed by atoms with Crippen LogP contribution in [0.1, 0.15) is 39.7 Å². The Labute approximate surface area is 187 Å². The van der Waals surface area contributed by atoms with E-state index in [-0.39, 0.29) is 15.5 Å². The van der Waals surface area contributed by atoms with Crippen LogP contribution in [0.2, 0.25) is 10.0 Å². The Morgan fingerprint density at radius 3 is 2.57 bits per heavy atom. The number of hydrogen-bond donors (Lipinski definition) is 2. The fourth-order valence-corrected chi connectivity index (χ4v) is 5.03. The molecule has 1 aliphatic carbocycles. The second kappa shape index (κ2) is 8.14. The van der Waals surface area contributed by atoms with E-state index in [4.69, 9.17) is 23.2 Å². The molecule has 1 amide bonds. The van der Waals surface area contributed by atoms with Gasteiger partial charge in [-0.15, -0.1) is 10.2 Å². The highest BCUT2D eigenvalue weighted by Gasteiger charge is 2.28. The Balaban J connectivity index is 1.56. The Morgan fingerprint density at radius 1 is 1.10 bits per heavy atom. The van der Waals surface area contributed by atoms with Crippen molar-refractivity contribution in [3.05, 3.63) is 62.6 Å². The molecule has 0 atom stereocenters. The summed E-state index contributed by atoms with van der Waals surface area (Å²) in [5, 5.41) is 12.5. The van der Waals surface area contributed by atoms with E-state index in [1.807, 2.05) is 6.92 Å². The summed E-state index contributed by atoms with van der Waals surface area (Å²) in [5.74, 6) is -0.138. The van der Waals surface area contributed by atoms with Gasteiger partial charge in [-0.1, -0.05) is 40.6 Å². The van der Waals surface area contributed by atoms with Gasteiger partial charge in [-0.25, -0.2) is 8.42 Å². The van der Waals surface area contributed by atoms with Crippen molar-refractivity contribution >= 4 is 61.3 Å². The van der Waals surface area contributed by atoms with Crippen LogP contribution in [0.15, 0.2) is 41.3 Å². The lowest BCUT2D eigenvalue weighted by Gasteiger charge is -2.11. The Kier molecular flexibility index (Phi) is 5.71. The van der Waals surface area contributed by atoms with Crippen molar-refractivity contribution in [2.24, 2.45) is 0 Å². The maximum absolute atomic E-state index is 12.8. The smallest absolute Gasteiger partial charge is 0.261 e. The number of halogens is 2. The first kappa shape index (κ1) is 21.0. The molecule has 2 N–H and O–H groups in total. The Morgan fingerprint density at radius 2 is 1.87 bits per heavy atom. The number of rotatable bonds is 6. The van der Waals surface area contributed by atoms with Crippen LogP contribution in [-0.4, -0.2) is 24.5 Å². The van der Waals surface area contributed by atoms with E-state index in [0.717, 1.165) is 23.4 Å². The second-order valence-electron chi connectivity index (χ2n) is 6.88. The standard InChI is InChI=1S/C19H16Cl2N4O3S2/c1-10-2-5-12(8-16(10)21)25-30(27,28)13-6-7-15(20)14(9-13)17(26)22-19-24-23-18(29-19)11-3-4-11/h2,5-9,11,25H,3-4H2,1H3,(H,22,24,26). The van der Waals surface area contributed by atoms with Crippen molar-refractivity contribution in [3.8, 4) is 0 Å². The van der Waals surface area contributed by atoms with Gasteiger partial charge < -0.3 is 0 Å². The predicted molar refractivity (Wildman–Crippen MR) is 118 cm³/mol. The van der Waals surface area contributed by atoms with Crippen LogP contribution in [0.5, 0.6) is 0 Å². The van der Waals surface area contributed by atoms with Crippen LogP contribution >= 0.6 is 34.5 Å². The highest BCUT2D eigenvalue weighted by Crippen LogP contribution is 2.42. The monoisotopic (exact) mass is 482 g/mol. The van der Waals surface area contributed by atoms with Gasteiger partial charge in [0.25, 0.3) is 15.9 Å². The molecule has 0 saturated heterocycles. The van der Waals surface area contributed by atoms with E-state index >= 15 is 0 Å². The Bertz CT molecular complexity index is 1240. The molecule has 11 heteroatoms.